The smallest absolute Gasteiger partial charge is 0.253 e. The summed E-state index contributed by atoms with van der Waals surface area (Å²) in [5, 5.41) is 10.7. The predicted octanol–water partition coefficient (Wildman–Crippen LogP) is 7.22. The third-order valence-corrected chi connectivity index (χ3v) is 9.26. The van der Waals surface area contributed by atoms with Gasteiger partial charge in [0.15, 0.2) is 0 Å². The maximum Gasteiger partial charge on any atom is 0.253 e. The maximum atomic E-state index is 13.2. The molecule has 5 nitrogen and oxygen atoms in total. The first-order chi connectivity index (χ1) is 19.5. The zero-order valence-electron chi connectivity index (χ0n) is 24.5. The zero-order chi connectivity index (χ0) is 28.3. The Kier molecular flexibility index (Phi) is 11.8. The van der Waals surface area contributed by atoms with E-state index in [2.05, 4.69) is 13.8 Å². The van der Waals surface area contributed by atoms with Crippen LogP contribution in [0.15, 0.2) is 60.7 Å². The van der Waals surface area contributed by atoms with Crippen LogP contribution in [0.3, 0.4) is 0 Å². The number of Topliss-reactive ketones (excluding diaryl/α,β-unsaturated/α-hetero) is 1. The Morgan fingerprint density at radius 3 is 2.40 bits per heavy atom. The fourth-order valence-electron chi connectivity index (χ4n) is 7.09. The number of hydrogen-bond acceptors (Lipinski definition) is 4. The Morgan fingerprint density at radius 2 is 1.68 bits per heavy atom. The summed E-state index contributed by atoms with van der Waals surface area (Å²) in [6.07, 6.45) is 9.63. The number of para-hydroxylation sites is 1. The number of hydrogen-bond donors (Lipinski definition) is 1. The molecule has 2 aliphatic rings. The van der Waals surface area contributed by atoms with Crippen molar-refractivity contribution in [2.24, 2.45) is 29.6 Å². The lowest BCUT2D eigenvalue weighted by Crippen LogP contribution is -2.33. The molecule has 0 aromatic heterocycles. The van der Waals surface area contributed by atoms with Crippen LogP contribution < -0.4 is 4.90 Å². The number of aliphatic hydroxyl groups excluding tert-OH is 1. The van der Waals surface area contributed by atoms with Crippen LogP contribution in [0.25, 0.3) is 0 Å². The average Bonchev–Trinajstić information content (AvgIpc) is 3.49. The van der Waals surface area contributed by atoms with Gasteiger partial charge >= 0.3 is 0 Å². The van der Waals surface area contributed by atoms with Gasteiger partial charge in [-0.1, -0.05) is 88.1 Å². The van der Waals surface area contributed by atoms with E-state index in [0.29, 0.717) is 43.2 Å². The van der Waals surface area contributed by atoms with E-state index < -0.39 is 6.10 Å². The molecule has 40 heavy (non-hydrogen) atoms. The van der Waals surface area contributed by atoms with Crippen molar-refractivity contribution < 1.29 is 19.4 Å². The van der Waals surface area contributed by atoms with Crippen LogP contribution in [0, 0.1) is 29.6 Å². The number of unbranched alkanes of at least 4 members (excludes halogenated alkanes) is 1. The number of fused-ring (bicyclic) bond motifs is 1. The van der Waals surface area contributed by atoms with Crippen LogP contribution in [0.2, 0.25) is 0 Å². The van der Waals surface area contributed by atoms with E-state index in [1.165, 1.54) is 19.3 Å². The minimum Gasteiger partial charge on any atom is -0.392 e. The maximum absolute atomic E-state index is 13.2. The molecule has 2 aromatic rings. The highest BCUT2D eigenvalue weighted by Crippen LogP contribution is 2.51. The number of anilines is 1. The van der Waals surface area contributed by atoms with Gasteiger partial charge in [0.1, 0.15) is 12.4 Å². The van der Waals surface area contributed by atoms with Crippen LogP contribution >= 0.6 is 0 Å². The third-order valence-electron chi connectivity index (χ3n) is 9.26. The lowest BCUT2D eigenvalue weighted by Gasteiger charge is -2.23. The van der Waals surface area contributed by atoms with E-state index in [-0.39, 0.29) is 24.2 Å². The number of carbonyl (C=O) groups excluding carboxylic acids is 2. The van der Waals surface area contributed by atoms with Gasteiger partial charge in [0.25, 0.3) is 5.91 Å². The summed E-state index contributed by atoms with van der Waals surface area (Å²) in [4.78, 5) is 28.1. The van der Waals surface area contributed by atoms with E-state index in [4.69, 9.17) is 4.74 Å². The fourth-order valence-corrected chi connectivity index (χ4v) is 7.09. The van der Waals surface area contributed by atoms with E-state index in [0.717, 1.165) is 49.8 Å². The minimum absolute atomic E-state index is 0.0452. The molecule has 0 heterocycles. The lowest BCUT2D eigenvalue weighted by atomic mass is 9.84. The zero-order valence-corrected chi connectivity index (χ0v) is 24.5. The molecule has 4 rings (SSSR count). The van der Waals surface area contributed by atoms with Crippen molar-refractivity contribution in [1.29, 1.82) is 0 Å². The van der Waals surface area contributed by atoms with Crippen LogP contribution in [0.4, 0.5) is 5.69 Å². The highest BCUT2D eigenvalue weighted by Gasteiger charge is 2.50. The number of aliphatic hydroxyl groups is 1. The molecule has 2 aromatic carbocycles. The summed E-state index contributed by atoms with van der Waals surface area (Å²) in [5.41, 5.74) is 1.95. The highest BCUT2D eigenvalue weighted by atomic mass is 16.5. The third kappa shape index (κ3) is 8.50. The fraction of sp³-hybridized carbons (Fsp3) is 0.600. The second-order valence-electron chi connectivity index (χ2n) is 12.3. The van der Waals surface area contributed by atoms with Crippen molar-refractivity contribution in [1.82, 2.24) is 0 Å². The molecular formula is C35H49NO4. The van der Waals surface area contributed by atoms with Crippen LogP contribution in [0.5, 0.6) is 0 Å². The van der Waals surface area contributed by atoms with Crippen molar-refractivity contribution in [2.45, 2.75) is 90.7 Å². The predicted molar refractivity (Wildman–Crippen MR) is 161 cm³/mol. The normalized spacial score (nSPS) is 24.5. The van der Waals surface area contributed by atoms with Gasteiger partial charge in [0.2, 0.25) is 0 Å². The second-order valence-corrected chi connectivity index (χ2v) is 12.3. The summed E-state index contributed by atoms with van der Waals surface area (Å²) in [7, 11) is 0. The molecule has 0 radical (unpaired) electrons. The van der Waals surface area contributed by atoms with Gasteiger partial charge in [-0.15, -0.1) is 0 Å². The van der Waals surface area contributed by atoms with Gasteiger partial charge in [0, 0.05) is 24.6 Å². The lowest BCUT2D eigenvalue weighted by molar-refractivity contribution is -0.127. The van der Waals surface area contributed by atoms with Gasteiger partial charge in [-0.3, -0.25) is 9.59 Å². The summed E-state index contributed by atoms with van der Waals surface area (Å²) in [6, 6.07) is 19.8. The molecule has 218 valence electrons. The Morgan fingerprint density at radius 1 is 0.975 bits per heavy atom. The number of ketones is 1. The largest absolute Gasteiger partial charge is 0.392 e. The van der Waals surface area contributed by atoms with Crippen LogP contribution in [0.1, 0.15) is 83.6 Å². The van der Waals surface area contributed by atoms with Gasteiger partial charge in [-0.2, -0.15) is 0 Å². The van der Waals surface area contributed by atoms with Crippen LogP contribution in [-0.2, 0) is 20.9 Å². The number of carbonyl (C=O) groups is 2. The standard InChI is InChI=1S/C35H49NO4/c1-3-4-12-26(2)13-11-18-32(37)35-31-22-28(21-29(31)23-33(35)38)19-20-40-25-34(39)36(30-16-9-6-10-17-30)24-27-14-7-5-8-15-27/h5-10,14-17,26,28-29,31,33,35,38H,3-4,11-13,18-25H2,1-2H3/t26?,28-,29-,31+,33-,35+/m0/s1. The van der Waals surface area contributed by atoms with E-state index in [1.807, 2.05) is 60.7 Å². The molecule has 0 saturated heterocycles. The average molecular weight is 548 g/mol. The summed E-state index contributed by atoms with van der Waals surface area (Å²) in [5.74, 6) is 1.98. The van der Waals surface area contributed by atoms with Crippen molar-refractivity contribution in [3.8, 4) is 0 Å². The van der Waals surface area contributed by atoms with E-state index in [1.54, 1.807) is 4.90 Å². The second kappa shape index (κ2) is 15.5. The number of ether oxygens (including phenoxy) is 1. The molecule has 1 amide bonds. The summed E-state index contributed by atoms with van der Waals surface area (Å²) in [6.45, 7) is 5.62. The molecular weight excluding hydrogens is 498 g/mol. The first-order valence-corrected chi connectivity index (χ1v) is 15.6. The minimum atomic E-state index is -0.469. The summed E-state index contributed by atoms with van der Waals surface area (Å²) >= 11 is 0. The van der Waals surface area contributed by atoms with Gasteiger partial charge in [-0.25, -0.2) is 0 Å². The summed E-state index contributed by atoms with van der Waals surface area (Å²) < 4.78 is 5.91. The highest BCUT2D eigenvalue weighted by molar-refractivity contribution is 5.94. The number of amides is 1. The number of nitrogens with zero attached hydrogens (tertiary/aromatic N) is 1. The molecule has 2 aliphatic carbocycles. The van der Waals surface area contributed by atoms with Gasteiger partial charge < -0.3 is 14.7 Å². The van der Waals surface area contributed by atoms with Crippen molar-refractivity contribution in [3.05, 3.63) is 66.2 Å². The molecule has 2 fully saturated rings. The van der Waals surface area contributed by atoms with E-state index in [9.17, 15) is 14.7 Å². The first kappa shape index (κ1) is 30.5. The molecule has 6 atom stereocenters. The van der Waals surface area contributed by atoms with E-state index >= 15 is 0 Å². The van der Waals surface area contributed by atoms with Crippen molar-refractivity contribution >= 4 is 17.4 Å². The molecule has 1 N–H and O–H groups in total. The quantitative estimate of drug-likeness (QED) is 0.225. The topological polar surface area (TPSA) is 66.8 Å². The monoisotopic (exact) mass is 547 g/mol. The Labute approximate surface area is 241 Å². The Hall–Kier alpha value is -2.50. The SMILES string of the molecule is CCCCC(C)CCCC(=O)[C@H]1[C@@H]2C[C@@H](CCOCC(=O)N(Cc3ccccc3)c3ccccc3)C[C@H]2C[C@@H]1O. The molecule has 2 saturated carbocycles. The molecule has 0 spiro atoms. The Bertz CT molecular complexity index is 1040. The van der Waals surface area contributed by atoms with Crippen LogP contribution in [-0.4, -0.2) is 36.1 Å². The Balaban J connectivity index is 1.21. The molecule has 0 aliphatic heterocycles. The van der Waals surface area contributed by atoms with Gasteiger partial charge in [-0.05, 0) is 73.5 Å². The van der Waals surface area contributed by atoms with Crippen molar-refractivity contribution in [2.75, 3.05) is 18.1 Å². The molecule has 0 bridgehead atoms. The number of benzene rings is 2. The molecule has 1 unspecified atom stereocenters. The number of rotatable bonds is 16. The first-order valence-electron chi connectivity index (χ1n) is 15.6. The van der Waals surface area contributed by atoms with Crippen molar-refractivity contribution in [3.63, 3.8) is 0 Å². The van der Waals surface area contributed by atoms with Gasteiger partial charge in [0.05, 0.1) is 12.6 Å². The molecule has 5 heteroatoms.